The van der Waals surface area contributed by atoms with Crippen LogP contribution in [0.25, 0.3) is 0 Å². The lowest BCUT2D eigenvalue weighted by Crippen LogP contribution is -2.49. The smallest absolute Gasteiger partial charge is 0.444 e. The van der Waals surface area contributed by atoms with Gasteiger partial charge < -0.3 is 76.8 Å². The third-order valence-electron chi connectivity index (χ3n) is 11.5. The molecule has 31 nitrogen and oxygen atoms in total. The molecule has 1 aliphatic rings. The van der Waals surface area contributed by atoms with Crippen molar-refractivity contribution in [2.24, 2.45) is 11.7 Å². The maximum absolute atomic E-state index is 14.1. The number of amides is 5. The van der Waals surface area contributed by atoms with E-state index >= 15 is 0 Å². The van der Waals surface area contributed by atoms with Gasteiger partial charge in [0.1, 0.15) is 35.0 Å². The number of carbonyl (C=O) groups excluding carboxylic acids is 6. The van der Waals surface area contributed by atoms with Crippen LogP contribution in [0.4, 0.5) is 20.2 Å². The summed E-state index contributed by atoms with van der Waals surface area (Å²) >= 11 is 0. The first kappa shape index (κ1) is 74.5. The zero-order chi connectivity index (χ0) is 62.8. The number of aromatic nitrogens is 2. The van der Waals surface area contributed by atoms with Crippen molar-refractivity contribution in [3.8, 4) is 0 Å². The molecule has 478 valence electrons. The van der Waals surface area contributed by atoms with Gasteiger partial charge in [0.25, 0.3) is 0 Å². The Balaban J connectivity index is 1.99. The lowest BCUT2D eigenvalue weighted by atomic mass is 9.91. The van der Waals surface area contributed by atoms with Crippen LogP contribution in [0.15, 0.2) is 17.1 Å². The van der Waals surface area contributed by atoms with Crippen LogP contribution >= 0.6 is 23.5 Å². The minimum Gasteiger partial charge on any atom is -0.444 e. The number of alkyl carbamates (subject to hydrolysis) is 3. The molecule has 9 atom stereocenters. The van der Waals surface area contributed by atoms with Crippen LogP contribution in [0.2, 0.25) is 0 Å². The molecule has 1 aromatic heterocycles. The molecule has 1 fully saturated rings. The van der Waals surface area contributed by atoms with E-state index in [0.717, 1.165) is 4.57 Å². The number of hydrogen-bond donors (Lipinski definition) is 11. The quantitative estimate of drug-likeness (QED) is 0.0237. The van der Waals surface area contributed by atoms with Crippen molar-refractivity contribution in [1.82, 2.24) is 36.1 Å². The fraction of sp³-hybridized carbons (Fsp3) is 0.796. The minimum atomic E-state index is -5.83. The number of carbonyl (C=O) groups is 6. The van der Waals surface area contributed by atoms with Gasteiger partial charge in [-0.25, -0.2) is 32.9 Å². The predicted octanol–water partition coefficient (Wildman–Crippen LogP) is 4.99. The number of hydrogen-bond acceptors (Lipinski definition) is 22. The zero-order valence-electron chi connectivity index (χ0n) is 49.0. The van der Waals surface area contributed by atoms with Crippen LogP contribution in [0, 0.1) is 5.92 Å². The second-order valence-electron chi connectivity index (χ2n) is 22.7. The van der Waals surface area contributed by atoms with Gasteiger partial charge in [0.05, 0.1) is 31.4 Å². The van der Waals surface area contributed by atoms with Crippen LogP contribution in [-0.4, -0.2) is 146 Å². The summed E-state index contributed by atoms with van der Waals surface area (Å²) in [6.45, 7) is 15.0. The van der Waals surface area contributed by atoms with E-state index in [9.17, 15) is 67.0 Å². The van der Waals surface area contributed by atoms with E-state index in [4.69, 9.17) is 34.9 Å². The van der Waals surface area contributed by atoms with Gasteiger partial charge >= 0.3 is 47.4 Å². The van der Waals surface area contributed by atoms with Gasteiger partial charge in [0.2, 0.25) is 11.8 Å². The van der Waals surface area contributed by atoms with Gasteiger partial charge in [-0.05, 0) is 133 Å². The van der Waals surface area contributed by atoms with Gasteiger partial charge in [-0.3, -0.25) is 28.0 Å². The van der Waals surface area contributed by atoms with Crippen molar-refractivity contribution in [1.29, 1.82) is 0 Å². The molecule has 1 saturated heterocycles. The Morgan fingerprint density at radius 1 is 0.675 bits per heavy atom. The number of nitrogens with zero attached hydrogens (tertiary/aromatic N) is 2. The highest BCUT2D eigenvalue weighted by Crippen LogP contribution is 2.67. The molecule has 1 aromatic rings. The number of rotatable bonds is 37. The molecular formula is C49H90N9O22P3. The first-order chi connectivity index (χ1) is 38.3. The highest BCUT2D eigenvalue weighted by molar-refractivity contribution is 7.66. The van der Waals surface area contributed by atoms with Gasteiger partial charge in [-0.15, -0.1) is 0 Å². The number of anilines is 1. The molecule has 83 heavy (non-hydrogen) atoms. The van der Waals surface area contributed by atoms with Crippen molar-refractivity contribution in [3.05, 3.63) is 22.7 Å². The number of ether oxygens (including phenoxy) is 4. The standard InChI is InChI=1S/C49H90N9O22P3/c1-47(2,3)76-44(64)53-25-16-12-20-33(30-36(59)35(22-14-18-27-55-46(66)78-49(7,8)9)56-42(62)34(50)21-13-17-26-54-45(65)77-48(4,5)6)41(61)52-24-15-10-11-19-29-73-81(67,68)79-83(71,72)80-82(69,70)74-32-38-37(60)31-40(75-38)58-28-23-39(51)57-43(58)63/h23,28,33-35,37-38,40,60H,10-22,24-27,29-32,50H2,1-9H3,(H,52,61)(H,53,64)(H,54,65)(H,55,66)(H,56,62)(H,67,68)(H,69,70)(H,71,72)(H2,51,57,63)/t33?,34?,35?,37-,38-,40-/m1/s1. The average molecular weight is 1250 g/mol. The van der Waals surface area contributed by atoms with E-state index in [1.165, 1.54) is 12.3 Å². The van der Waals surface area contributed by atoms with E-state index in [2.05, 4.69) is 44.7 Å². The molecule has 2 heterocycles. The number of Topliss-reactive ketones (excluding diaryl/α,β-unsaturated/α-hetero) is 1. The fourth-order valence-corrected chi connectivity index (χ4v) is 11.3. The third-order valence-corrected chi connectivity index (χ3v) is 15.8. The zero-order valence-corrected chi connectivity index (χ0v) is 51.7. The Morgan fingerprint density at radius 3 is 1.66 bits per heavy atom. The number of nitrogens with two attached hydrogens (primary N) is 2. The van der Waals surface area contributed by atoms with E-state index < -0.39 is 131 Å². The van der Waals surface area contributed by atoms with Crippen molar-refractivity contribution in [2.75, 3.05) is 45.1 Å². The SMILES string of the molecule is CC(C)(C)OC(=O)NCCCCC(N)C(=O)NC(CCCCNC(=O)OC(C)(C)C)C(=O)CC(CCCCNC(=O)OC(C)(C)C)C(=O)NCCCCCCOP(=O)(O)OP(=O)(O)OP(=O)(O)OC[C@H]1O[C@@H](n2ccc(N)nc2=O)C[C@H]1O. The Kier molecular flexibility index (Phi) is 31.5. The van der Waals surface area contributed by atoms with Crippen LogP contribution < -0.4 is 43.7 Å². The lowest BCUT2D eigenvalue weighted by Gasteiger charge is -2.23. The highest BCUT2D eigenvalue weighted by Gasteiger charge is 2.44. The maximum Gasteiger partial charge on any atom is 0.490 e. The van der Waals surface area contributed by atoms with Crippen LogP contribution in [-0.2, 0) is 64.7 Å². The first-order valence-electron chi connectivity index (χ1n) is 27.5. The Hall–Kier alpha value is -4.61. The van der Waals surface area contributed by atoms with Crippen molar-refractivity contribution in [2.45, 2.75) is 206 Å². The summed E-state index contributed by atoms with van der Waals surface area (Å²) in [5, 5.41) is 23.9. The number of nitrogens with one attached hydrogen (secondary N) is 5. The Bertz CT molecular complexity index is 2450. The monoisotopic (exact) mass is 1250 g/mol. The first-order valence-corrected chi connectivity index (χ1v) is 32.0. The van der Waals surface area contributed by atoms with E-state index in [0.29, 0.717) is 57.8 Å². The molecule has 1 aliphatic heterocycles. The topological polar surface area (TPSA) is 455 Å². The summed E-state index contributed by atoms with van der Waals surface area (Å²) in [7, 11) is -16.8. The van der Waals surface area contributed by atoms with Crippen molar-refractivity contribution >= 4 is 65.2 Å². The molecule has 0 saturated carbocycles. The molecular weight excluding hydrogens is 1160 g/mol. The summed E-state index contributed by atoms with van der Waals surface area (Å²) in [4.78, 5) is 124. The molecule has 0 bridgehead atoms. The largest absolute Gasteiger partial charge is 0.490 e. The molecule has 0 spiro atoms. The van der Waals surface area contributed by atoms with Gasteiger partial charge in [0, 0.05) is 51.1 Å². The number of nitrogen functional groups attached to an aromatic ring is 1. The molecule has 5 amide bonds. The van der Waals surface area contributed by atoms with E-state index in [1.807, 2.05) is 0 Å². The maximum atomic E-state index is 14.1. The number of ketones is 1. The number of aliphatic hydroxyl groups excluding tert-OH is 1. The molecule has 0 aromatic carbocycles. The third kappa shape index (κ3) is 34.2. The lowest BCUT2D eigenvalue weighted by molar-refractivity contribution is -0.132. The summed E-state index contributed by atoms with van der Waals surface area (Å²) in [6, 6.07) is -0.768. The van der Waals surface area contributed by atoms with Crippen LogP contribution in [0.1, 0.15) is 165 Å². The van der Waals surface area contributed by atoms with Crippen LogP contribution in [0.3, 0.4) is 0 Å². The Morgan fingerprint density at radius 2 is 1.14 bits per heavy atom. The molecule has 13 N–H and O–H groups in total. The van der Waals surface area contributed by atoms with E-state index in [-0.39, 0.29) is 70.5 Å². The second-order valence-corrected chi connectivity index (χ2v) is 27.3. The fourth-order valence-electron chi connectivity index (χ4n) is 7.71. The average Bonchev–Trinajstić information content (AvgIpc) is 4.02. The number of aliphatic hydroxyl groups is 1. The summed E-state index contributed by atoms with van der Waals surface area (Å²) in [6.07, 6.45) is -0.363. The molecule has 2 rings (SSSR count). The molecule has 6 unspecified atom stereocenters. The van der Waals surface area contributed by atoms with Crippen LogP contribution in [0.5, 0.6) is 0 Å². The highest BCUT2D eigenvalue weighted by atomic mass is 31.3. The normalized spacial score (nSPS) is 18.9. The Labute approximate surface area is 484 Å². The van der Waals surface area contributed by atoms with Gasteiger partial charge in [-0.2, -0.15) is 13.6 Å². The summed E-state index contributed by atoms with van der Waals surface area (Å²) < 4.78 is 77.4. The van der Waals surface area contributed by atoms with Gasteiger partial charge in [-0.1, -0.05) is 19.3 Å². The summed E-state index contributed by atoms with van der Waals surface area (Å²) in [5.41, 5.74) is 8.83. The van der Waals surface area contributed by atoms with E-state index in [1.54, 1.807) is 62.3 Å². The molecule has 0 radical (unpaired) electrons. The van der Waals surface area contributed by atoms with Gasteiger partial charge in [0.15, 0.2) is 5.78 Å². The number of phosphoric acid groups is 3. The van der Waals surface area contributed by atoms with Crippen molar-refractivity contribution in [3.63, 3.8) is 0 Å². The number of phosphoric ester groups is 2. The minimum absolute atomic E-state index is 0.0702. The molecule has 34 heteroatoms. The number of unbranched alkanes of at least 4 members (excludes halogenated alkanes) is 6. The van der Waals surface area contributed by atoms with Crippen molar-refractivity contribution < 1.29 is 98.9 Å². The predicted molar refractivity (Wildman–Crippen MR) is 300 cm³/mol. The summed E-state index contributed by atoms with van der Waals surface area (Å²) in [5.74, 6) is -2.43. The second kappa shape index (κ2) is 35.1. The molecule has 0 aliphatic carbocycles.